The Kier molecular flexibility index (Phi) is 5.63. The molecule has 1 aliphatic heterocycles. The van der Waals surface area contributed by atoms with Crippen molar-refractivity contribution in [3.05, 3.63) is 46.6 Å². The Morgan fingerprint density at radius 3 is 2.60 bits per heavy atom. The summed E-state index contributed by atoms with van der Waals surface area (Å²) in [6, 6.07) is 8.81. The van der Waals surface area contributed by atoms with Crippen LogP contribution in [0, 0.1) is 0 Å². The molecule has 25 heavy (non-hydrogen) atoms. The summed E-state index contributed by atoms with van der Waals surface area (Å²) < 4.78 is 0. The molecule has 132 valence electrons. The molecule has 1 aromatic heterocycles. The van der Waals surface area contributed by atoms with Crippen LogP contribution in [0.3, 0.4) is 0 Å². The number of para-hydroxylation sites is 2. The molecule has 2 N–H and O–H groups in total. The molecule has 1 aliphatic rings. The first kappa shape index (κ1) is 17.8. The van der Waals surface area contributed by atoms with Crippen molar-refractivity contribution in [2.75, 3.05) is 42.9 Å². The Bertz CT molecular complexity index is 764. The fourth-order valence-electron chi connectivity index (χ4n) is 2.76. The number of rotatable bonds is 4. The zero-order valence-corrected chi connectivity index (χ0v) is 15.0. The van der Waals surface area contributed by atoms with E-state index >= 15 is 0 Å². The predicted molar refractivity (Wildman–Crippen MR) is 99.6 cm³/mol. The molecule has 1 fully saturated rings. The minimum absolute atomic E-state index is 0.173. The third kappa shape index (κ3) is 4.54. The predicted octanol–water partition coefficient (Wildman–Crippen LogP) is 2.85. The third-order valence-corrected chi connectivity index (χ3v) is 4.52. The van der Waals surface area contributed by atoms with Crippen LogP contribution in [0.1, 0.15) is 0 Å². The van der Waals surface area contributed by atoms with Gasteiger partial charge >= 0.3 is 0 Å². The molecule has 1 saturated heterocycles. The van der Waals surface area contributed by atoms with Gasteiger partial charge in [0.15, 0.2) is 5.82 Å². The average Bonchev–Trinajstić information content (AvgIpc) is 2.59. The Labute approximate surface area is 156 Å². The van der Waals surface area contributed by atoms with Gasteiger partial charge in [-0.2, -0.15) is 0 Å². The highest BCUT2D eigenvalue weighted by molar-refractivity contribution is 6.36. The standard InChI is InChI=1S/C17H18Cl2N4O2/c18-12-9-13(19)17(20-10-12)21-16(25)11-22-5-7-23(8-6-22)14-3-1-2-4-15(14)24/h1-4,9-10,24H,5-8,11H2,(H,20,21,25). The fraction of sp³-hybridized carbons (Fsp3) is 0.294. The molecule has 0 unspecified atom stereocenters. The van der Waals surface area contributed by atoms with E-state index in [2.05, 4.69) is 20.1 Å². The molecule has 2 aromatic rings. The highest BCUT2D eigenvalue weighted by atomic mass is 35.5. The van der Waals surface area contributed by atoms with Crippen LogP contribution in [0.5, 0.6) is 5.75 Å². The second kappa shape index (κ2) is 7.91. The highest BCUT2D eigenvalue weighted by Crippen LogP contribution is 2.27. The van der Waals surface area contributed by atoms with Crippen molar-refractivity contribution in [1.29, 1.82) is 0 Å². The van der Waals surface area contributed by atoms with Gasteiger partial charge in [-0.3, -0.25) is 9.69 Å². The van der Waals surface area contributed by atoms with Gasteiger partial charge in [0.2, 0.25) is 5.91 Å². The lowest BCUT2D eigenvalue weighted by molar-refractivity contribution is -0.117. The van der Waals surface area contributed by atoms with Gasteiger partial charge in [0.05, 0.1) is 22.3 Å². The zero-order chi connectivity index (χ0) is 17.8. The smallest absolute Gasteiger partial charge is 0.239 e. The second-order valence-electron chi connectivity index (χ2n) is 5.78. The molecule has 2 heterocycles. The van der Waals surface area contributed by atoms with Crippen LogP contribution in [-0.4, -0.2) is 53.6 Å². The van der Waals surface area contributed by atoms with Gasteiger partial charge in [-0.05, 0) is 18.2 Å². The van der Waals surface area contributed by atoms with Crippen molar-refractivity contribution >= 4 is 40.6 Å². The zero-order valence-electron chi connectivity index (χ0n) is 13.5. The van der Waals surface area contributed by atoms with E-state index in [1.807, 2.05) is 12.1 Å². The van der Waals surface area contributed by atoms with E-state index in [1.54, 1.807) is 12.1 Å². The number of phenols is 1. The normalized spacial score (nSPS) is 15.2. The number of hydrogen-bond donors (Lipinski definition) is 2. The molecule has 0 radical (unpaired) electrons. The van der Waals surface area contributed by atoms with Crippen LogP contribution in [0.15, 0.2) is 36.5 Å². The van der Waals surface area contributed by atoms with E-state index in [4.69, 9.17) is 23.2 Å². The molecule has 1 aromatic carbocycles. The molecule has 0 aliphatic carbocycles. The van der Waals surface area contributed by atoms with E-state index in [0.29, 0.717) is 15.9 Å². The molecule has 0 saturated carbocycles. The number of aromatic hydroxyl groups is 1. The van der Waals surface area contributed by atoms with Crippen molar-refractivity contribution in [3.8, 4) is 5.75 Å². The van der Waals surface area contributed by atoms with Gasteiger partial charge in [-0.1, -0.05) is 35.3 Å². The van der Waals surface area contributed by atoms with Crippen molar-refractivity contribution in [2.45, 2.75) is 0 Å². The number of carbonyl (C=O) groups is 1. The lowest BCUT2D eigenvalue weighted by Gasteiger charge is -2.35. The van der Waals surface area contributed by atoms with Crippen molar-refractivity contribution in [1.82, 2.24) is 9.88 Å². The van der Waals surface area contributed by atoms with Crippen LogP contribution in [0.25, 0.3) is 0 Å². The number of nitrogens with zero attached hydrogens (tertiary/aromatic N) is 3. The summed E-state index contributed by atoms with van der Waals surface area (Å²) in [5.41, 5.74) is 0.823. The lowest BCUT2D eigenvalue weighted by Crippen LogP contribution is -2.48. The molecular weight excluding hydrogens is 363 g/mol. The molecule has 0 spiro atoms. The number of carbonyl (C=O) groups excluding carboxylic acids is 1. The maximum atomic E-state index is 12.2. The van der Waals surface area contributed by atoms with E-state index in [0.717, 1.165) is 31.9 Å². The topological polar surface area (TPSA) is 68.7 Å². The molecule has 3 rings (SSSR count). The summed E-state index contributed by atoms with van der Waals surface area (Å²) in [5, 5.41) is 13.4. The second-order valence-corrected chi connectivity index (χ2v) is 6.63. The minimum Gasteiger partial charge on any atom is -0.506 e. The Hall–Kier alpha value is -2.02. The van der Waals surface area contributed by atoms with Gasteiger partial charge in [0.25, 0.3) is 0 Å². The minimum atomic E-state index is -0.173. The highest BCUT2D eigenvalue weighted by Gasteiger charge is 2.21. The number of phenolic OH excluding ortho intramolecular Hbond substituents is 1. The van der Waals surface area contributed by atoms with E-state index < -0.39 is 0 Å². The monoisotopic (exact) mass is 380 g/mol. The van der Waals surface area contributed by atoms with Crippen LogP contribution >= 0.6 is 23.2 Å². The SMILES string of the molecule is O=C(CN1CCN(c2ccccc2O)CC1)Nc1ncc(Cl)cc1Cl. The maximum Gasteiger partial charge on any atom is 0.239 e. The molecule has 0 bridgehead atoms. The van der Waals surface area contributed by atoms with Gasteiger partial charge in [-0.25, -0.2) is 4.98 Å². The number of nitrogens with one attached hydrogen (secondary N) is 1. The van der Waals surface area contributed by atoms with Crippen molar-refractivity contribution < 1.29 is 9.90 Å². The van der Waals surface area contributed by atoms with Crippen LogP contribution in [-0.2, 0) is 4.79 Å². The first-order valence-electron chi connectivity index (χ1n) is 7.89. The summed E-state index contributed by atoms with van der Waals surface area (Å²) in [5.74, 6) is 0.411. The number of benzene rings is 1. The first-order valence-corrected chi connectivity index (χ1v) is 8.65. The Morgan fingerprint density at radius 1 is 1.20 bits per heavy atom. The quantitative estimate of drug-likeness (QED) is 0.853. The largest absolute Gasteiger partial charge is 0.506 e. The Balaban J connectivity index is 1.52. The maximum absolute atomic E-state index is 12.2. The lowest BCUT2D eigenvalue weighted by atomic mass is 10.2. The van der Waals surface area contributed by atoms with Crippen molar-refractivity contribution in [2.24, 2.45) is 0 Å². The molecule has 8 heteroatoms. The molecule has 1 amide bonds. The van der Waals surface area contributed by atoms with E-state index in [1.165, 1.54) is 12.3 Å². The molecule has 6 nitrogen and oxygen atoms in total. The Morgan fingerprint density at radius 2 is 1.92 bits per heavy atom. The first-order chi connectivity index (χ1) is 12.0. The van der Waals surface area contributed by atoms with E-state index in [9.17, 15) is 9.90 Å². The number of aromatic nitrogens is 1. The van der Waals surface area contributed by atoms with Gasteiger partial charge < -0.3 is 15.3 Å². The number of anilines is 2. The van der Waals surface area contributed by atoms with Gasteiger partial charge in [-0.15, -0.1) is 0 Å². The molecule has 0 atom stereocenters. The number of amides is 1. The van der Waals surface area contributed by atoms with Crippen LogP contribution in [0.4, 0.5) is 11.5 Å². The summed E-state index contributed by atoms with van der Waals surface area (Å²) >= 11 is 11.8. The summed E-state index contributed by atoms with van der Waals surface area (Å²) in [6.45, 7) is 3.19. The van der Waals surface area contributed by atoms with Gasteiger partial charge in [0, 0.05) is 32.4 Å². The van der Waals surface area contributed by atoms with Crippen LogP contribution in [0.2, 0.25) is 10.0 Å². The number of hydrogen-bond acceptors (Lipinski definition) is 5. The van der Waals surface area contributed by atoms with Crippen molar-refractivity contribution in [3.63, 3.8) is 0 Å². The van der Waals surface area contributed by atoms with E-state index in [-0.39, 0.29) is 18.2 Å². The summed E-state index contributed by atoms with van der Waals surface area (Å²) in [6.07, 6.45) is 1.44. The molecular formula is C17H18Cl2N4O2. The average molecular weight is 381 g/mol. The van der Waals surface area contributed by atoms with Gasteiger partial charge in [0.1, 0.15) is 5.75 Å². The summed E-state index contributed by atoms with van der Waals surface area (Å²) in [4.78, 5) is 20.4. The fourth-order valence-corrected chi connectivity index (χ4v) is 3.19. The summed E-state index contributed by atoms with van der Waals surface area (Å²) in [7, 11) is 0. The third-order valence-electron chi connectivity index (χ3n) is 4.03. The van der Waals surface area contributed by atoms with Crippen LogP contribution < -0.4 is 10.2 Å². The number of piperazine rings is 1. The number of pyridine rings is 1. The number of halogens is 2.